The first-order chi connectivity index (χ1) is 17.4. The summed E-state index contributed by atoms with van der Waals surface area (Å²) in [6.45, 7) is 1.70. The number of rotatable bonds is 7. The van der Waals surface area contributed by atoms with Gasteiger partial charge in [0.05, 0.1) is 6.10 Å². The summed E-state index contributed by atoms with van der Waals surface area (Å²) in [6, 6.07) is 8.49. The molecule has 3 rings (SSSR count). The molecular formula is C26H26O11. The average molecular weight is 514 g/mol. The van der Waals surface area contributed by atoms with Gasteiger partial charge in [-0.1, -0.05) is 18.2 Å². The van der Waals surface area contributed by atoms with E-state index in [1.165, 1.54) is 36.4 Å². The molecular weight excluding hydrogens is 488 g/mol. The molecule has 1 fully saturated rings. The van der Waals surface area contributed by atoms with Gasteiger partial charge in [0.2, 0.25) is 0 Å². The van der Waals surface area contributed by atoms with Gasteiger partial charge >= 0.3 is 17.9 Å². The molecule has 2 aromatic rings. The Bertz CT molecular complexity index is 1250. The second-order valence-corrected chi connectivity index (χ2v) is 8.65. The fourth-order valence-corrected chi connectivity index (χ4v) is 3.74. The van der Waals surface area contributed by atoms with Crippen LogP contribution in [0.3, 0.4) is 0 Å². The van der Waals surface area contributed by atoms with Gasteiger partial charge in [-0.25, -0.2) is 14.4 Å². The van der Waals surface area contributed by atoms with Crippen LogP contribution in [0.5, 0.6) is 17.2 Å². The van der Waals surface area contributed by atoms with Crippen molar-refractivity contribution < 1.29 is 54.5 Å². The topological polar surface area (TPSA) is 191 Å². The Balaban J connectivity index is 1.75. The number of carbonyl (C=O) groups is 3. The number of phenols is 3. The standard InChI is InChI=1S/C26H26O11/c1-14-2-3-15(10-18(14)28)6-9-23(32)37-24-20(30)12-26(35,25(33)34)13-21(24)36-22(31)8-5-16-4-7-17(27)19(29)11-16/h2-11,20-21,24,27-30,35H,12-13H2,1H3,(H,33,34). The average Bonchev–Trinajstić information content (AvgIpc) is 2.82. The quantitative estimate of drug-likeness (QED) is 0.179. The van der Waals surface area contributed by atoms with Gasteiger partial charge in [-0.05, 0) is 54.0 Å². The van der Waals surface area contributed by atoms with Crippen molar-refractivity contribution in [3.8, 4) is 17.2 Å². The first-order valence-electron chi connectivity index (χ1n) is 11.1. The summed E-state index contributed by atoms with van der Waals surface area (Å²) < 4.78 is 10.5. The molecule has 37 heavy (non-hydrogen) atoms. The van der Waals surface area contributed by atoms with E-state index in [0.29, 0.717) is 16.7 Å². The normalized spacial score (nSPS) is 23.7. The number of carboxylic acids is 1. The summed E-state index contributed by atoms with van der Waals surface area (Å²) in [7, 11) is 0. The van der Waals surface area contributed by atoms with E-state index in [2.05, 4.69) is 0 Å². The lowest BCUT2D eigenvalue weighted by molar-refractivity contribution is -0.204. The predicted molar refractivity (Wildman–Crippen MR) is 128 cm³/mol. The maximum atomic E-state index is 12.4. The molecule has 4 unspecified atom stereocenters. The Morgan fingerprint density at radius 3 is 2.00 bits per heavy atom. The van der Waals surface area contributed by atoms with Gasteiger partial charge in [0.15, 0.2) is 23.2 Å². The number of carboxylic acid groups (broad SMARTS) is 1. The van der Waals surface area contributed by atoms with Crippen LogP contribution in [-0.2, 0) is 23.9 Å². The second kappa shape index (κ2) is 11.1. The Kier molecular flexibility index (Phi) is 8.21. The molecule has 1 aliphatic carbocycles. The van der Waals surface area contributed by atoms with Gasteiger partial charge in [-0.2, -0.15) is 0 Å². The van der Waals surface area contributed by atoms with Crippen molar-refractivity contribution in [1.82, 2.24) is 0 Å². The van der Waals surface area contributed by atoms with Crippen LogP contribution in [0.25, 0.3) is 12.2 Å². The number of aliphatic carboxylic acids is 1. The van der Waals surface area contributed by atoms with E-state index >= 15 is 0 Å². The zero-order chi connectivity index (χ0) is 27.3. The van der Waals surface area contributed by atoms with Crippen molar-refractivity contribution in [3.63, 3.8) is 0 Å². The van der Waals surface area contributed by atoms with Crippen molar-refractivity contribution in [1.29, 1.82) is 0 Å². The number of hydrogen-bond donors (Lipinski definition) is 6. The SMILES string of the molecule is Cc1ccc(C=CC(=O)OC2C(O)CC(O)(C(=O)O)CC2OC(=O)C=Cc2ccc(O)c(O)c2)cc1O. The molecule has 0 aliphatic heterocycles. The number of phenolic OH excluding ortho intramolecular Hbond substituents is 3. The number of ether oxygens (including phenoxy) is 2. The van der Waals surface area contributed by atoms with Crippen molar-refractivity contribution >= 4 is 30.1 Å². The van der Waals surface area contributed by atoms with Gasteiger partial charge in [0.25, 0.3) is 0 Å². The summed E-state index contributed by atoms with van der Waals surface area (Å²) in [6.07, 6.45) is -1.47. The third-order valence-corrected chi connectivity index (χ3v) is 5.81. The highest BCUT2D eigenvalue weighted by Gasteiger charge is 2.52. The molecule has 2 aromatic carbocycles. The van der Waals surface area contributed by atoms with Gasteiger partial charge in [0, 0.05) is 25.0 Å². The van der Waals surface area contributed by atoms with E-state index in [1.807, 2.05) is 0 Å². The summed E-state index contributed by atoms with van der Waals surface area (Å²) >= 11 is 0. The van der Waals surface area contributed by atoms with Crippen LogP contribution in [0.4, 0.5) is 0 Å². The highest BCUT2D eigenvalue weighted by Crippen LogP contribution is 2.33. The van der Waals surface area contributed by atoms with Crippen molar-refractivity contribution in [2.45, 2.75) is 43.7 Å². The number of carbonyl (C=O) groups excluding carboxylic acids is 2. The third kappa shape index (κ3) is 6.87. The van der Waals surface area contributed by atoms with Crippen LogP contribution < -0.4 is 0 Å². The molecule has 11 heteroatoms. The number of aryl methyl sites for hydroxylation is 1. The third-order valence-electron chi connectivity index (χ3n) is 5.81. The van der Waals surface area contributed by atoms with Crippen LogP contribution in [0.2, 0.25) is 0 Å². The van der Waals surface area contributed by atoms with Crippen molar-refractivity contribution in [2.24, 2.45) is 0 Å². The Morgan fingerprint density at radius 1 is 0.865 bits per heavy atom. The molecule has 0 amide bonds. The van der Waals surface area contributed by atoms with Crippen LogP contribution >= 0.6 is 0 Å². The Hall–Kier alpha value is -4.35. The highest BCUT2D eigenvalue weighted by molar-refractivity contribution is 5.88. The summed E-state index contributed by atoms with van der Waals surface area (Å²) in [5.74, 6) is -4.35. The molecule has 0 heterocycles. The molecule has 0 spiro atoms. The fraction of sp³-hybridized carbons (Fsp3) is 0.269. The minimum absolute atomic E-state index is 0.0220. The summed E-state index contributed by atoms with van der Waals surface area (Å²) in [4.78, 5) is 36.4. The van der Waals surface area contributed by atoms with Crippen molar-refractivity contribution in [2.75, 3.05) is 0 Å². The monoisotopic (exact) mass is 514 g/mol. The molecule has 1 saturated carbocycles. The second-order valence-electron chi connectivity index (χ2n) is 8.65. The van der Waals surface area contributed by atoms with Gasteiger partial charge in [0.1, 0.15) is 11.9 Å². The van der Waals surface area contributed by atoms with E-state index in [9.17, 15) is 45.0 Å². The number of aliphatic hydroxyl groups is 2. The van der Waals surface area contributed by atoms with E-state index < -0.39 is 60.4 Å². The predicted octanol–water partition coefficient (Wildman–Crippen LogP) is 1.63. The lowest BCUT2D eigenvalue weighted by Crippen LogP contribution is -2.58. The Morgan fingerprint density at radius 2 is 1.43 bits per heavy atom. The van der Waals surface area contributed by atoms with Crippen molar-refractivity contribution in [3.05, 3.63) is 65.2 Å². The lowest BCUT2D eigenvalue weighted by atomic mass is 9.79. The molecule has 6 N–H and O–H groups in total. The Labute approximate surface area is 211 Å². The number of esters is 2. The maximum Gasteiger partial charge on any atom is 0.335 e. The van der Waals surface area contributed by atoms with Crippen LogP contribution in [-0.4, -0.2) is 72.5 Å². The summed E-state index contributed by atoms with van der Waals surface area (Å²) in [5, 5.41) is 59.0. The molecule has 4 atom stereocenters. The molecule has 11 nitrogen and oxygen atoms in total. The molecule has 0 saturated heterocycles. The molecule has 0 radical (unpaired) electrons. The zero-order valence-electron chi connectivity index (χ0n) is 19.6. The first-order valence-corrected chi connectivity index (χ1v) is 11.1. The minimum Gasteiger partial charge on any atom is -0.508 e. The van der Waals surface area contributed by atoms with Gasteiger partial charge in [-0.3, -0.25) is 0 Å². The van der Waals surface area contributed by atoms with Gasteiger partial charge < -0.3 is 40.1 Å². The van der Waals surface area contributed by atoms with E-state index in [1.54, 1.807) is 19.1 Å². The first kappa shape index (κ1) is 27.2. The van der Waals surface area contributed by atoms with Crippen LogP contribution in [0, 0.1) is 6.92 Å². The number of benzene rings is 2. The molecule has 0 bridgehead atoms. The van der Waals surface area contributed by atoms with E-state index in [0.717, 1.165) is 12.2 Å². The number of hydrogen-bond acceptors (Lipinski definition) is 10. The van der Waals surface area contributed by atoms with Crippen LogP contribution in [0.1, 0.15) is 29.5 Å². The number of aromatic hydroxyl groups is 3. The molecule has 0 aromatic heterocycles. The smallest absolute Gasteiger partial charge is 0.335 e. The van der Waals surface area contributed by atoms with E-state index in [4.69, 9.17) is 9.47 Å². The maximum absolute atomic E-state index is 12.4. The van der Waals surface area contributed by atoms with E-state index in [-0.39, 0.29) is 11.5 Å². The largest absolute Gasteiger partial charge is 0.508 e. The minimum atomic E-state index is -2.44. The zero-order valence-corrected chi connectivity index (χ0v) is 19.6. The van der Waals surface area contributed by atoms with Gasteiger partial charge in [-0.15, -0.1) is 0 Å². The summed E-state index contributed by atoms with van der Waals surface area (Å²) in [5.41, 5.74) is -0.988. The molecule has 196 valence electrons. The molecule has 1 aliphatic rings. The van der Waals surface area contributed by atoms with Crippen LogP contribution in [0.15, 0.2) is 48.6 Å². The number of aliphatic hydroxyl groups excluding tert-OH is 1. The lowest BCUT2D eigenvalue weighted by Gasteiger charge is -2.40. The highest BCUT2D eigenvalue weighted by atomic mass is 16.6. The fourth-order valence-electron chi connectivity index (χ4n) is 3.74.